The van der Waals surface area contributed by atoms with Crippen molar-refractivity contribution in [2.45, 2.75) is 36.8 Å². The van der Waals surface area contributed by atoms with Crippen LogP contribution in [-0.4, -0.2) is 42.2 Å². The molecule has 6 rings (SSSR count). The summed E-state index contributed by atoms with van der Waals surface area (Å²) in [6.07, 6.45) is 2.87. The third-order valence-electron chi connectivity index (χ3n) is 4.91. The number of benzene rings is 1. The van der Waals surface area contributed by atoms with E-state index >= 15 is 0 Å². The summed E-state index contributed by atoms with van der Waals surface area (Å²) in [5.74, 6) is 1.92. The van der Waals surface area contributed by atoms with Crippen molar-refractivity contribution in [1.29, 1.82) is 0 Å². The number of halogens is 1. The number of rotatable bonds is 4. The van der Waals surface area contributed by atoms with E-state index in [0.29, 0.717) is 16.8 Å². The lowest BCUT2D eigenvalue weighted by Crippen LogP contribution is -2.74. The Morgan fingerprint density at radius 2 is 1.62 bits per heavy atom. The first-order chi connectivity index (χ1) is 12.6. The minimum Gasteiger partial charge on any atom is -0.484 e. The lowest BCUT2D eigenvalue weighted by Gasteiger charge is -2.66. The largest absolute Gasteiger partial charge is 0.484 e. The molecule has 0 unspecified atom stereocenters. The maximum absolute atomic E-state index is 6.04. The van der Waals surface area contributed by atoms with Gasteiger partial charge in [-0.05, 0) is 43.5 Å². The van der Waals surface area contributed by atoms with Crippen LogP contribution in [0.3, 0.4) is 0 Å². The Morgan fingerprint density at radius 1 is 1.00 bits per heavy atom. The molecule has 140 valence electrons. The van der Waals surface area contributed by atoms with Gasteiger partial charge < -0.3 is 24.4 Å². The van der Waals surface area contributed by atoms with E-state index in [1.165, 1.54) is 0 Å². The topological polar surface area (TPSA) is 92.6 Å². The van der Waals surface area contributed by atoms with Crippen LogP contribution < -0.4 is 10.5 Å². The van der Waals surface area contributed by atoms with Gasteiger partial charge in [-0.3, -0.25) is 0 Å². The molecule has 0 spiro atoms. The normalized spacial score (nSPS) is 29.0. The second-order valence-electron chi connectivity index (χ2n) is 7.14. The summed E-state index contributed by atoms with van der Waals surface area (Å²) >= 11 is 5.81. The molecule has 0 amide bonds. The Labute approximate surface area is 156 Å². The second kappa shape index (κ2) is 7.15. The van der Waals surface area contributed by atoms with Crippen molar-refractivity contribution in [2.24, 2.45) is 5.73 Å². The Morgan fingerprint density at radius 3 is 2.15 bits per heavy atom. The Bertz CT molecular complexity index is 714. The maximum atomic E-state index is 6.04. The highest BCUT2D eigenvalue weighted by atomic mass is 35.5. The van der Waals surface area contributed by atoms with Crippen molar-refractivity contribution >= 4 is 11.6 Å². The van der Waals surface area contributed by atoms with Crippen molar-refractivity contribution in [1.82, 2.24) is 10.2 Å². The Kier molecular flexibility index (Phi) is 4.88. The van der Waals surface area contributed by atoms with Crippen LogP contribution >= 0.6 is 11.6 Å². The fourth-order valence-electron chi connectivity index (χ4n) is 3.74. The minimum absolute atomic E-state index is 0.0362. The summed E-state index contributed by atoms with van der Waals surface area (Å²) in [7, 11) is 0. The van der Waals surface area contributed by atoms with Gasteiger partial charge in [0.1, 0.15) is 5.75 Å². The van der Waals surface area contributed by atoms with Crippen LogP contribution in [0.2, 0.25) is 5.02 Å². The maximum Gasteiger partial charge on any atom is 0.253 e. The molecule has 0 radical (unpaired) electrons. The van der Waals surface area contributed by atoms with Gasteiger partial charge in [0.2, 0.25) is 5.89 Å². The van der Waals surface area contributed by atoms with Crippen molar-refractivity contribution in [3.8, 4) is 5.75 Å². The third-order valence-corrected chi connectivity index (χ3v) is 5.16. The van der Waals surface area contributed by atoms with Gasteiger partial charge in [0.05, 0.1) is 31.8 Å². The van der Waals surface area contributed by atoms with Crippen LogP contribution in [0, 0.1) is 0 Å². The van der Waals surface area contributed by atoms with Gasteiger partial charge in [-0.2, -0.15) is 0 Å². The van der Waals surface area contributed by atoms with E-state index in [1.807, 2.05) is 0 Å². The smallest absolute Gasteiger partial charge is 0.253 e. The number of hydrogen-bond acceptors (Lipinski definition) is 7. The van der Waals surface area contributed by atoms with E-state index in [0.717, 1.165) is 51.4 Å². The van der Waals surface area contributed by atoms with Gasteiger partial charge in [0, 0.05) is 10.6 Å². The molecule has 1 saturated heterocycles. The first kappa shape index (κ1) is 17.7. The van der Waals surface area contributed by atoms with Crippen molar-refractivity contribution in [3.05, 3.63) is 41.1 Å². The molecule has 2 bridgehead atoms. The molecule has 3 saturated carbocycles. The molecule has 26 heavy (non-hydrogen) atoms. The molecule has 1 aromatic carbocycles. The van der Waals surface area contributed by atoms with Gasteiger partial charge in [-0.25, -0.2) is 0 Å². The molecule has 2 N–H and O–H groups in total. The molecule has 7 nitrogen and oxygen atoms in total. The van der Waals surface area contributed by atoms with Crippen LogP contribution in [0.25, 0.3) is 0 Å². The van der Waals surface area contributed by atoms with Gasteiger partial charge >= 0.3 is 0 Å². The van der Waals surface area contributed by atoms with Crippen molar-refractivity contribution in [2.75, 3.05) is 26.4 Å². The van der Waals surface area contributed by atoms with Crippen LogP contribution in [0.5, 0.6) is 5.75 Å². The highest BCUT2D eigenvalue weighted by Crippen LogP contribution is 2.66. The first-order valence-electron chi connectivity index (χ1n) is 8.73. The second-order valence-corrected chi connectivity index (χ2v) is 7.58. The summed E-state index contributed by atoms with van der Waals surface area (Å²) in [6, 6.07) is 7.16. The zero-order valence-electron chi connectivity index (χ0n) is 14.4. The first-order valence-corrected chi connectivity index (χ1v) is 9.10. The van der Waals surface area contributed by atoms with Crippen molar-refractivity contribution in [3.63, 3.8) is 0 Å². The van der Waals surface area contributed by atoms with E-state index in [9.17, 15) is 0 Å². The Balaban J connectivity index is 0.000000240. The predicted molar refractivity (Wildman–Crippen MR) is 94.2 cm³/mol. The molecule has 4 fully saturated rings. The minimum atomic E-state index is 0.0362. The number of ether oxygens (including phenoxy) is 3. The monoisotopic (exact) mass is 379 g/mol. The quantitative estimate of drug-likeness (QED) is 0.872. The average molecular weight is 380 g/mol. The van der Waals surface area contributed by atoms with Gasteiger partial charge in [0.15, 0.2) is 6.61 Å². The molecule has 4 aliphatic rings. The SMILES string of the molecule is C1COCCO1.NC12CC(c3nnc(COc4ccc(Cl)cc4)o3)(C1)C2. The molecule has 2 heterocycles. The molecular weight excluding hydrogens is 358 g/mol. The molecule has 0 atom stereocenters. The number of nitrogens with two attached hydrogens (primary N) is 1. The molecule has 3 aliphatic carbocycles. The van der Waals surface area contributed by atoms with E-state index in [1.54, 1.807) is 24.3 Å². The van der Waals surface area contributed by atoms with Gasteiger partial charge in [-0.1, -0.05) is 11.6 Å². The predicted octanol–water partition coefficient (Wildman–Crippen LogP) is 2.47. The molecule has 1 aromatic heterocycles. The summed E-state index contributed by atoms with van der Waals surface area (Å²) in [6.45, 7) is 3.37. The van der Waals surface area contributed by atoms with E-state index < -0.39 is 0 Å². The standard InChI is InChI=1S/C14H14ClN3O2.C4H8O2/c15-9-1-3-10(4-2-9)19-5-11-17-18-12(20-11)13-6-14(16,7-13)8-13;1-2-6-4-3-5-1/h1-4H,5-8,16H2;1-4H2. The summed E-state index contributed by atoms with van der Waals surface area (Å²) in [4.78, 5) is 0. The molecule has 8 heteroatoms. The highest BCUT2D eigenvalue weighted by Gasteiger charge is 2.69. The summed E-state index contributed by atoms with van der Waals surface area (Å²) < 4.78 is 21.2. The lowest BCUT2D eigenvalue weighted by molar-refractivity contribution is -0.0774. The lowest BCUT2D eigenvalue weighted by atomic mass is 9.40. The molecule has 2 aromatic rings. The fraction of sp³-hybridized carbons (Fsp3) is 0.556. The van der Waals surface area contributed by atoms with Gasteiger partial charge in [-0.15, -0.1) is 10.2 Å². The number of nitrogens with zero attached hydrogens (tertiary/aromatic N) is 2. The highest BCUT2D eigenvalue weighted by molar-refractivity contribution is 6.30. The Hall–Kier alpha value is -1.67. The number of hydrogen-bond donors (Lipinski definition) is 1. The van der Waals surface area contributed by atoms with E-state index in [2.05, 4.69) is 10.2 Å². The molecule has 1 aliphatic heterocycles. The van der Waals surface area contributed by atoms with E-state index in [4.69, 9.17) is 36.0 Å². The van der Waals surface area contributed by atoms with Crippen LogP contribution in [-0.2, 0) is 21.5 Å². The van der Waals surface area contributed by atoms with Crippen LogP contribution in [0.1, 0.15) is 31.0 Å². The average Bonchev–Trinajstić information content (AvgIpc) is 3.09. The van der Waals surface area contributed by atoms with Crippen LogP contribution in [0.15, 0.2) is 28.7 Å². The summed E-state index contributed by atoms with van der Waals surface area (Å²) in [5.41, 5.74) is 6.13. The van der Waals surface area contributed by atoms with Crippen LogP contribution in [0.4, 0.5) is 0 Å². The third kappa shape index (κ3) is 3.71. The zero-order valence-corrected chi connectivity index (χ0v) is 15.2. The summed E-state index contributed by atoms with van der Waals surface area (Å²) in [5, 5.41) is 8.85. The number of aromatic nitrogens is 2. The fourth-order valence-corrected chi connectivity index (χ4v) is 3.86. The van der Waals surface area contributed by atoms with E-state index in [-0.39, 0.29) is 17.6 Å². The van der Waals surface area contributed by atoms with Crippen molar-refractivity contribution < 1.29 is 18.6 Å². The zero-order chi connectivity index (χ0) is 18.0. The van der Waals surface area contributed by atoms with Gasteiger partial charge in [0.25, 0.3) is 5.89 Å². The molecular formula is C18H22ClN3O4.